The lowest BCUT2D eigenvalue weighted by Crippen LogP contribution is -2.35. The Hall–Kier alpha value is -1.75. The minimum absolute atomic E-state index is 0.161. The molecule has 0 unspecified atom stereocenters. The third-order valence-electron chi connectivity index (χ3n) is 3.06. The number of carbonyl (C=O) groups is 2. The first kappa shape index (κ1) is 17.6. The lowest BCUT2D eigenvalue weighted by atomic mass is 10.2. The van der Waals surface area contributed by atoms with E-state index in [2.05, 4.69) is 5.32 Å². The second-order valence-electron chi connectivity index (χ2n) is 4.79. The summed E-state index contributed by atoms with van der Waals surface area (Å²) in [4.78, 5) is 25.7. The van der Waals surface area contributed by atoms with Crippen molar-refractivity contribution in [1.29, 1.82) is 0 Å². The molecular weight excluding hydrogens is 359 g/mol. The Morgan fingerprint density at radius 3 is 2.13 bits per heavy atom. The molecule has 2 amide bonds. The van der Waals surface area contributed by atoms with E-state index in [9.17, 15) is 9.59 Å². The quantitative estimate of drug-likeness (QED) is 0.868. The largest absolute Gasteiger partial charge is 0.332 e. The van der Waals surface area contributed by atoms with Gasteiger partial charge in [-0.2, -0.15) is 0 Å². The first-order chi connectivity index (χ1) is 10.9. The molecule has 2 aromatic rings. The van der Waals surface area contributed by atoms with E-state index in [-0.39, 0.29) is 12.5 Å². The number of nitrogens with one attached hydrogen (secondary N) is 1. The number of benzene rings is 2. The maximum absolute atomic E-state index is 12.3. The fraction of sp³-hybridized carbons (Fsp3) is 0.125. The summed E-state index contributed by atoms with van der Waals surface area (Å²) in [5.74, 6) is -0.765. The van der Waals surface area contributed by atoms with E-state index >= 15 is 0 Å². The first-order valence-corrected chi connectivity index (χ1v) is 7.77. The normalized spacial score (nSPS) is 10.3. The van der Waals surface area contributed by atoms with Gasteiger partial charge in [0.2, 0.25) is 5.91 Å². The fourth-order valence-electron chi connectivity index (χ4n) is 1.92. The summed E-state index contributed by atoms with van der Waals surface area (Å²) in [5, 5.41) is 3.58. The molecule has 0 heterocycles. The number of hydrogen-bond acceptors (Lipinski definition) is 2. The molecule has 7 heteroatoms. The predicted molar refractivity (Wildman–Crippen MR) is 93.5 cm³/mol. The van der Waals surface area contributed by atoms with Gasteiger partial charge in [0.1, 0.15) is 0 Å². The lowest BCUT2D eigenvalue weighted by Gasteiger charge is -2.18. The van der Waals surface area contributed by atoms with E-state index in [1.54, 1.807) is 42.5 Å². The molecule has 0 aromatic heterocycles. The number of amides is 2. The summed E-state index contributed by atoms with van der Waals surface area (Å²) in [5.41, 5.74) is 0.652. The molecular formula is C16H13Cl3N2O2. The molecule has 0 atom stereocenters. The minimum atomic E-state index is -0.414. The number of halogens is 3. The van der Waals surface area contributed by atoms with Gasteiger partial charge < -0.3 is 10.2 Å². The smallest absolute Gasteiger partial charge is 0.255 e. The van der Waals surface area contributed by atoms with Gasteiger partial charge in [0.05, 0.1) is 32.9 Å². The number of anilines is 1. The van der Waals surface area contributed by atoms with Crippen molar-refractivity contribution in [1.82, 2.24) is 4.90 Å². The molecule has 0 aliphatic heterocycles. The Bertz CT molecular complexity index is 730. The first-order valence-electron chi connectivity index (χ1n) is 6.64. The van der Waals surface area contributed by atoms with Crippen LogP contribution < -0.4 is 5.32 Å². The van der Waals surface area contributed by atoms with Gasteiger partial charge in [0, 0.05) is 7.05 Å². The Morgan fingerprint density at radius 1 is 0.957 bits per heavy atom. The number of hydrogen-bond donors (Lipinski definition) is 1. The van der Waals surface area contributed by atoms with Crippen LogP contribution in [0.5, 0.6) is 0 Å². The Kier molecular flexibility index (Phi) is 5.88. The van der Waals surface area contributed by atoms with Crippen molar-refractivity contribution in [2.24, 2.45) is 0 Å². The van der Waals surface area contributed by atoms with Crippen LogP contribution in [-0.4, -0.2) is 30.3 Å². The lowest BCUT2D eigenvalue weighted by molar-refractivity contribution is -0.116. The average Bonchev–Trinajstić information content (AvgIpc) is 2.51. The third-order valence-corrected chi connectivity index (χ3v) is 4.02. The second-order valence-corrected chi connectivity index (χ2v) is 6.01. The molecule has 4 nitrogen and oxygen atoms in total. The van der Waals surface area contributed by atoms with Crippen LogP contribution in [0.3, 0.4) is 0 Å². The van der Waals surface area contributed by atoms with Crippen molar-refractivity contribution in [3.8, 4) is 0 Å². The van der Waals surface area contributed by atoms with E-state index in [4.69, 9.17) is 34.8 Å². The summed E-state index contributed by atoms with van der Waals surface area (Å²) >= 11 is 18.0. The van der Waals surface area contributed by atoms with Crippen LogP contribution in [0.15, 0.2) is 42.5 Å². The highest BCUT2D eigenvalue weighted by atomic mass is 35.5. The highest BCUT2D eigenvalue weighted by molar-refractivity contribution is 6.39. The van der Waals surface area contributed by atoms with Crippen molar-refractivity contribution >= 4 is 52.3 Å². The minimum Gasteiger partial charge on any atom is -0.332 e. The SMILES string of the molecule is CN(CC(=O)Nc1c(Cl)cccc1Cl)C(=O)c1ccccc1Cl. The molecule has 0 spiro atoms. The van der Waals surface area contributed by atoms with Gasteiger partial charge >= 0.3 is 0 Å². The number of para-hydroxylation sites is 1. The fourth-order valence-corrected chi connectivity index (χ4v) is 2.63. The molecule has 0 aliphatic rings. The molecule has 2 aromatic carbocycles. The molecule has 0 saturated heterocycles. The van der Waals surface area contributed by atoms with Crippen LogP contribution in [0.4, 0.5) is 5.69 Å². The highest BCUT2D eigenvalue weighted by Gasteiger charge is 2.18. The number of nitrogens with zero attached hydrogens (tertiary/aromatic N) is 1. The molecule has 0 bridgehead atoms. The number of likely N-dealkylation sites (N-methyl/N-ethyl adjacent to an activating group) is 1. The Labute approximate surface area is 148 Å². The van der Waals surface area contributed by atoms with Gasteiger partial charge in [-0.15, -0.1) is 0 Å². The zero-order chi connectivity index (χ0) is 17.0. The van der Waals surface area contributed by atoms with Crippen molar-refractivity contribution in [2.45, 2.75) is 0 Å². The monoisotopic (exact) mass is 370 g/mol. The summed E-state index contributed by atoms with van der Waals surface area (Å²) < 4.78 is 0. The summed E-state index contributed by atoms with van der Waals surface area (Å²) in [6.45, 7) is -0.161. The zero-order valence-electron chi connectivity index (χ0n) is 12.1. The van der Waals surface area contributed by atoms with Crippen molar-refractivity contribution in [3.63, 3.8) is 0 Å². The van der Waals surface area contributed by atoms with Gasteiger partial charge in [0.15, 0.2) is 0 Å². The maximum atomic E-state index is 12.3. The standard InChI is InChI=1S/C16H13Cl3N2O2/c1-21(16(23)10-5-2-3-6-11(10)17)9-14(22)20-15-12(18)7-4-8-13(15)19/h2-8H,9H2,1H3,(H,20,22). The van der Waals surface area contributed by atoms with E-state index in [0.29, 0.717) is 26.3 Å². The van der Waals surface area contributed by atoms with Crippen LogP contribution >= 0.6 is 34.8 Å². The second kappa shape index (κ2) is 7.68. The predicted octanol–water partition coefficient (Wildman–Crippen LogP) is 4.36. The Balaban J connectivity index is 2.05. The van der Waals surface area contributed by atoms with Crippen LogP contribution in [0.2, 0.25) is 15.1 Å². The zero-order valence-corrected chi connectivity index (χ0v) is 14.4. The topological polar surface area (TPSA) is 49.4 Å². The van der Waals surface area contributed by atoms with Crippen LogP contribution in [0.1, 0.15) is 10.4 Å². The van der Waals surface area contributed by atoms with Crippen LogP contribution in [0.25, 0.3) is 0 Å². The van der Waals surface area contributed by atoms with Gasteiger partial charge in [-0.05, 0) is 24.3 Å². The van der Waals surface area contributed by atoms with Crippen molar-refractivity contribution in [3.05, 3.63) is 63.1 Å². The van der Waals surface area contributed by atoms with Crippen LogP contribution in [0, 0.1) is 0 Å². The summed E-state index contributed by atoms with van der Waals surface area (Å²) in [7, 11) is 1.51. The summed E-state index contributed by atoms with van der Waals surface area (Å²) in [6.07, 6.45) is 0. The molecule has 0 fully saturated rings. The Morgan fingerprint density at radius 2 is 1.52 bits per heavy atom. The molecule has 120 valence electrons. The average molecular weight is 372 g/mol. The van der Waals surface area contributed by atoms with E-state index in [0.717, 1.165) is 0 Å². The molecule has 2 rings (SSSR count). The number of rotatable bonds is 4. The van der Waals surface area contributed by atoms with Gasteiger partial charge in [-0.25, -0.2) is 0 Å². The molecule has 0 radical (unpaired) electrons. The van der Waals surface area contributed by atoms with Gasteiger partial charge in [-0.3, -0.25) is 9.59 Å². The van der Waals surface area contributed by atoms with Crippen molar-refractivity contribution < 1.29 is 9.59 Å². The molecule has 23 heavy (non-hydrogen) atoms. The van der Waals surface area contributed by atoms with Crippen LogP contribution in [-0.2, 0) is 4.79 Å². The molecule has 0 saturated carbocycles. The van der Waals surface area contributed by atoms with E-state index in [1.165, 1.54) is 11.9 Å². The van der Waals surface area contributed by atoms with Gasteiger partial charge in [-0.1, -0.05) is 53.0 Å². The summed E-state index contributed by atoms with van der Waals surface area (Å²) in [6, 6.07) is 11.6. The van der Waals surface area contributed by atoms with E-state index < -0.39 is 5.91 Å². The van der Waals surface area contributed by atoms with Gasteiger partial charge in [0.25, 0.3) is 5.91 Å². The molecule has 1 N–H and O–H groups in total. The van der Waals surface area contributed by atoms with E-state index in [1.807, 2.05) is 0 Å². The molecule has 0 aliphatic carbocycles. The maximum Gasteiger partial charge on any atom is 0.255 e. The number of carbonyl (C=O) groups excluding carboxylic acids is 2. The third kappa shape index (κ3) is 4.38. The highest BCUT2D eigenvalue weighted by Crippen LogP contribution is 2.29. The van der Waals surface area contributed by atoms with Crippen molar-refractivity contribution in [2.75, 3.05) is 18.9 Å².